The highest BCUT2D eigenvalue weighted by atomic mass is 35.5. The molecule has 0 unspecified atom stereocenters. The summed E-state index contributed by atoms with van der Waals surface area (Å²) in [6, 6.07) is 4.82. The number of fused-ring (bicyclic) bond motifs is 3. The summed E-state index contributed by atoms with van der Waals surface area (Å²) in [5.74, 6) is -3.72. The monoisotopic (exact) mass is 489 g/mol. The van der Waals surface area contributed by atoms with Gasteiger partial charge in [0.2, 0.25) is 0 Å². The molecule has 0 aliphatic carbocycles. The Morgan fingerprint density at radius 1 is 0.706 bits per heavy atom. The van der Waals surface area contributed by atoms with Crippen molar-refractivity contribution in [2.24, 2.45) is 0 Å². The van der Waals surface area contributed by atoms with Crippen molar-refractivity contribution >= 4 is 57.3 Å². The van der Waals surface area contributed by atoms with Gasteiger partial charge >= 0.3 is 23.9 Å². The fourth-order valence-corrected chi connectivity index (χ4v) is 3.92. The van der Waals surface area contributed by atoms with Gasteiger partial charge in [-0.2, -0.15) is 0 Å². The summed E-state index contributed by atoms with van der Waals surface area (Å²) in [6.07, 6.45) is 0. The number of hydrogen-bond acceptors (Lipinski definition) is 8. The molecular formula is C24H24ClNO8. The molecule has 34 heavy (non-hydrogen) atoms. The number of carbonyl (C=O) groups excluding carboxylic acids is 4. The Balaban J connectivity index is 2.66. The number of aromatic amines is 1. The fourth-order valence-electron chi connectivity index (χ4n) is 3.75. The maximum Gasteiger partial charge on any atom is 0.341 e. The summed E-state index contributed by atoms with van der Waals surface area (Å²) in [6.45, 7) is 6.27. The van der Waals surface area contributed by atoms with Crippen LogP contribution < -0.4 is 0 Å². The van der Waals surface area contributed by atoms with Crippen molar-refractivity contribution in [3.63, 3.8) is 0 Å². The number of ether oxygens (including phenoxy) is 4. The lowest BCUT2D eigenvalue weighted by Crippen LogP contribution is -2.24. The number of esters is 4. The Hall–Kier alpha value is -3.59. The van der Waals surface area contributed by atoms with Crippen LogP contribution in [0, 0.1) is 0 Å². The summed E-state index contributed by atoms with van der Waals surface area (Å²) in [5, 5.41) is 1.07. The zero-order valence-corrected chi connectivity index (χ0v) is 20.0. The lowest BCUT2D eigenvalue weighted by Gasteiger charge is -2.18. The van der Waals surface area contributed by atoms with Crippen LogP contribution in [0.5, 0.6) is 0 Å². The van der Waals surface area contributed by atoms with Crippen molar-refractivity contribution in [1.29, 1.82) is 0 Å². The first kappa shape index (κ1) is 25.0. The van der Waals surface area contributed by atoms with Gasteiger partial charge in [0, 0.05) is 21.3 Å². The van der Waals surface area contributed by atoms with E-state index in [0.29, 0.717) is 15.9 Å². The summed E-state index contributed by atoms with van der Waals surface area (Å²) in [7, 11) is 0. The number of H-pyrrole nitrogens is 1. The van der Waals surface area contributed by atoms with Crippen molar-refractivity contribution in [3.05, 3.63) is 45.5 Å². The molecule has 0 spiro atoms. The van der Waals surface area contributed by atoms with Crippen LogP contribution in [0.3, 0.4) is 0 Å². The van der Waals surface area contributed by atoms with Crippen LogP contribution in [-0.4, -0.2) is 55.3 Å². The molecule has 2 aromatic carbocycles. The molecule has 1 heterocycles. The molecule has 0 aliphatic rings. The molecule has 0 saturated carbocycles. The summed E-state index contributed by atoms with van der Waals surface area (Å²) in [5.41, 5.74) is -0.764. The topological polar surface area (TPSA) is 121 Å². The second-order valence-electron chi connectivity index (χ2n) is 6.95. The lowest BCUT2D eigenvalue weighted by atomic mass is 9.90. The van der Waals surface area contributed by atoms with Gasteiger partial charge in [-0.05, 0) is 39.8 Å². The maximum atomic E-state index is 13.2. The van der Waals surface area contributed by atoms with Crippen molar-refractivity contribution in [2.45, 2.75) is 27.7 Å². The SMILES string of the molecule is CCOC(=O)c1c(C(=O)OCC)c(C(=O)OCC)c2c([nH]c3cc(Cl)ccc32)c1C(=O)OCC. The van der Waals surface area contributed by atoms with Crippen LogP contribution >= 0.6 is 11.6 Å². The third kappa shape index (κ3) is 4.43. The van der Waals surface area contributed by atoms with Crippen molar-refractivity contribution in [1.82, 2.24) is 4.98 Å². The molecule has 0 amide bonds. The quantitative estimate of drug-likeness (QED) is 0.357. The number of carbonyl (C=O) groups is 4. The van der Waals surface area contributed by atoms with Crippen LogP contribution in [-0.2, 0) is 18.9 Å². The van der Waals surface area contributed by atoms with Crippen LogP contribution in [0.4, 0.5) is 0 Å². The number of benzene rings is 2. The minimum Gasteiger partial charge on any atom is -0.462 e. The Bertz CT molecular complexity index is 1290. The van der Waals surface area contributed by atoms with Gasteiger partial charge in [0.1, 0.15) is 0 Å². The van der Waals surface area contributed by atoms with Gasteiger partial charge in [-0.25, -0.2) is 19.2 Å². The van der Waals surface area contributed by atoms with Crippen LogP contribution in [0.15, 0.2) is 18.2 Å². The average Bonchev–Trinajstić information content (AvgIpc) is 3.15. The minimum atomic E-state index is -0.988. The van der Waals surface area contributed by atoms with E-state index in [1.807, 2.05) is 0 Å². The maximum absolute atomic E-state index is 13.2. The Morgan fingerprint density at radius 3 is 1.65 bits per heavy atom. The molecule has 0 radical (unpaired) electrons. The van der Waals surface area contributed by atoms with Crippen LogP contribution in [0.25, 0.3) is 21.8 Å². The van der Waals surface area contributed by atoms with Gasteiger partial charge in [0.25, 0.3) is 0 Å². The largest absolute Gasteiger partial charge is 0.462 e. The third-order valence-corrected chi connectivity index (χ3v) is 5.16. The van der Waals surface area contributed by atoms with E-state index in [2.05, 4.69) is 4.98 Å². The lowest BCUT2D eigenvalue weighted by molar-refractivity contribution is 0.0446. The van der Waals surface area contributed by atoms with E-state index >= 15 is 0 Å². The molecule has 0 saturated heterocycles. The second-order valence-corrected chi connectivity index (χ2v) is 7.38. The zero-order chi connectivity index (χ0) is 25.0. The van der Waals surface area contributed by atoms with Crippen molar-refractivity contribution in [2.75, 3.05) is 26.4 Å². The molecule has 180 valence electrons. The van der Waals surface area contributed by atoms with Crippen molar-refractivity contribution < 1.29 is 38.1 Å². The van der Waals surface area contributed by atoms with Gasteiger partial charge in [0.05, 0.1) is 54.2 Å². The van der Waals surface area contributed by atoms with E-state index in [4.69, 9.17) is 30.5 Å². The molecule has 9 nitrogen and oxygen atoms in total. The summed E-state index contributed by atoms with van der Waals surface area (Å²) >= 11 is 6.14. The molecule has 3 rings (SSSR count). The highest BCUT2D eigenvalue weighted by molar-refractivity contribution is 6.33. The van der Waals surface area contributed by atoms with Crippen LogP contribution in [0.1, 0.15) is 69.1 Å². The van der Waals surface area contributed by atoms with Crippen molar-refractivity contribution in [3.8, 4) is 0 Å². The highest BCUT2D eigenvalue weighted by Gasteiger charge is 2.37. The van der Waals surface area contributed by atoms with E-state index < -0.39 is 35.0 Å². The van der Waals surface area contributed by atoms with Gasteiger partial charge < -0.3 is 23.9 Å². The molecule has 1 N–H and O–H groups in total. The summed E-state index contributed by atoms with van der Waals surface area (Å²) < 4.78 is 20.8. The van der Waals surface area contributed by atoms with Crippen LogP contribution in [0.2, 0.25) is 5.02 Å². The second kappa shape index (κ2) is 10.6. The Labute approximate surface area is 200 Å². The van der Waals surface area contributed by atoms with E-state index in [1.165, 1.54) is 0 Å². The molecule has 0 fully saturated rings. The van der Waals surface area contributed by atoms with Gasteiger partial charge in [0.15, 0.2) is 0 Å². The van der Waals surface area contributed by atoms with E-state index in [1.54, 1.807) is 45.9 Å². The molecule has 0 aliphatic heterocycles. The number of nitrogens with one attached hydrogen (secondary N) is 1. The first-order valence-corrected chi connectivity index (χ1v) is 11.2. The predicted molar refractivity (Wildman–Crippen MR) is 125 cm³/mol. The molecule has 1 aromatic heterocycles. The Morgan fingerprint density at radius 2 is 1.15 bits per heavy atom. The molecule has 10 heteroatoms. The molecular weight excluding hydrogens is 466 g/mol. The van der Waals surface area contributed by atoms with E-state index in [9.17, 15) is 19.2 Å². The standard InChI is InChI=1S/C24H24ClNO8/c1-5-31-21(27)16-15-13-10-9-12(25)11-14(13)26-20(15)19(24(30)34-8-4)18(23(29)33-7-3)17(16)22(28)32-6-2/h9-11,26H,5-8H2,1-4H3. The van der Waals surface area contributed by atoms with Gasteiger partial charge in [-0.15, -0.1) is 0 Å². The van der Waals surface area contributed by atoms with E-state index in [0.717, 1.165) is 0 Å². The molecule has 0 bridgehead atoms. The zero-order valence-electron chi connectivity index (χ0n) is 19.2. The summed E-state index contributed by atoms with van der Waals surface area (Å²) in [4.78, 5) is 55.7. The Kier molecular flexibility index (Phi) is 7.78. The molecule has 3 aromatic rings. The average molecular weight is 490 g/mol. The predicted octanol–water partition coefficient (Wildman–Crippen LogP) is 4.68. The number of rotatable bonds is 8. The van der Waals surface area contributed by atoms with Gasteiger partial charge in [-0.1, -0.05) is 17.7 Å². The number of halogens is 1. The smallest absolute Gasteiger partial charge is 0.341 e. The minimum absolute atomic E-state index is 0.00299. The third-order valence-electron chi connectivity index (χ3n) is 4.93. The number of aromatic nitrogens is 1. The molecule has 0 atom stereocenters. The van der Waals surface area contributed by atoms with Gasteiger partial charge in [-0.3, -0.25) is 0 Å². The number of hydrogen-bond donors (Lipinski definition) is 1. The van der Waals surface area contributed by atoms with E-state index in [-0.39, 0.29) is 48.5 Å². The highest BCUT2D eigenvalue weighted by Crippen LogP contribution is 2.38. The first-order valence-electron chi connectivity index (χ1n) is 10.8. The first-order chi connectivity index (χ1) is 16.3. The fraction of sp³-hybridized carbons (Fsp3) is 0.333. The normalized spacial score (nSPS) is 10.9.